The van der Waals surface area contributed by atoms with E-state index in [2.05, 4.69) is 15.3 Å². The second-order valence-corrected chi connectivity index (χ2v) is 12.6. The van der Waals surface area contributed by atoms with Crippen LogP contribution in [0.15, 0.2) is 30.5 Å². The number of aromatic nitrogens is 2. The fourth-order valence-electron chi connectivity index (χ4n) is 4.50. The van der Waals surface area contributed by atoms with E-state index in [1.807, 2.05) is 24.3 Å². The normalized spacial score (nSPS) is 19.5. The Hall–Kier alpha value is -3.05. The Balaban J connectivity index is 1.20. The zero-order chi connectivity index (χ0) is 24.2. The largest absolute Gasteiger partial charge is 0.446 e. The van der Waals surface area contributed by atoms with Crippen LogP contribution in [0.25, 0.3) is 21.3 Å². The van der Waals surface area contributed by atoms with Crippen molar-refractivity contribution < 1.29 is 22.7 Å². The first-order valence-corrected chi connectivity index (χ1v) is 14.4. The molecule has 4 heterocycles. The lowest BCUT2D eigenvalue weighted by molar-refractivity contribution is -0.117. The highest BCUT2D eigenvalue weighted by Crippen LogP contribution is 2.36. The number of pyridine rings is 1. The maximum Gasteiger partial charge on any atom is 0.414 e. The molecule has 1 saturated carbocycles. The van der Waals surface area contributed by atoms with Crippen LogP contribution >= 0.6 is 11.3 Å². The topological polar surface area (TPSA) is 119 Å². The van der Waals surface area contributed by atoms with Crippen molar-refractivity contribution in [1.29, 1.82) is 0 Å². The molecule has 2 amide bonds. The van der Waals surface area contributed by atoms with Gasteiger partial charge in [0.05, 0.1) is 33.1 Å². The summed E-state index contributed by atoms with van der Waals surface area (Å²) in [6, 6.07) is 7.84. The molecule has 2 aromatic heterocycles. The third-order valence-corrected chi connectivity index (χ3v) is 9.35. The van der Waals surface area contributed by atoms with Crippen LogP contribution in [0.3, 0.4) is 0 Å². The van der Waals surface area contributed by atoms with E-state index >= 15 is 0 Å². The first-order chi connectivity index (χ1) is 16.8. The van der Waals surface area contributed by atoms with Crippen molar-refractivity contribution in [2.75, 3.05) is 28.3 Å². The number of rotatable bonds is 4. The molecule has 1 N–H and O–H groups in total. The van der Waals surface area contributed by atoms with Crippen molar-refractivity contribution in [2.45, 2.75) is 38.2 Å². The molecule has 0 bridgehead atoms. The van der Waals surface area contributed by atoms with E-state index in [0.717, 1.165) is 45.6 Å². The number of hydrogen-bond donors (Lipinski definition) is 1. The highest BCUT2D eigenvalue weighted by Gasteiger charge is 2.32. The lowest BCUT2D eigenvalue weighted by atomic mass is 10.1. The molecule has 3 aliphatic rings. The van der Waals surface area contributed by atoms with Crippen molar-refractivity contribution in [3.63, 3.8) is 0 Å². The highest BCUT2D eigenvalue weighted by atomic mass is 32.2. The minimum absolute atomic E-state index is 0.0360. The molecule has 1 aliphatic carbocycles. The fraction of sp³-hybridized carbons (Fsp3) is 0.417. The maximum atomic E-state index is 12.9. The van der Waals surface area contributed by atoms with E-state index in [0.29, 0.717) is 30.9 Å². The lowest BCUT2D eigenvalue weighted by Gasteiger charge is -2.25. The van der Waals surface area contributed by atoms with Gasteiger partial charge in [-0.1, -0.05) is 17.4 Å². The molecule has 1 aromatic carbocycles. The van der Waals surface area contributed by atoms with Crippen LogP contribution in [0.1, 0.15) is 31.4 Å². The predicted octanol–water partition coefficient (Wildman–Crippen LogP) is 3.78. The molecule has 0 unspecified atom stereocenters. The van der Waals surface area contributed by atoms with Crippen molar-refractivity contribution in [3.05, 3.63) is 36.2 Å². The number of hydrogen-bond acceptors (Lipinski definition) is 8. The van der Waals surface area contributed by atoms with Crippen LogP contribution in [0, 0.1) is 5.92 Å². The second kappa shape index (κ2) is 8.56. The van der Waals surface area contributed by atoms with E-state index < -0.39 is 15.9 Å². The Bertz CT molecular complexity index is 1430. The fourth-order valence-corrected chi connectivity index (χ4v) is 6.85. The number of nitrogens with one attached hydrogen (secondary N) is 1. The van der Waals surface area contributed by atoms with Gasteiger partial charge < -0.3 is 10.1 Å². The van der Waals surface area contributed by atoms with Gasteiger partial charge in [0.2, 0.25) is 5.91 Å². The standard InChI is InChI=1S/C24H24N4O5S2/c29-22(14-1-2-14)27-23-26-19-4-3-15(12-21(19)34-23)16-11-20-18(25-13-16)5-8-28(20)24(30)33-17-6-9-35(31,32)10-7-17/h3-4,11-14,17H,1-2,5-10H2,(H,26,27,29). The molecule has 6 rings (SSSR count). The summed E-state index contributed by atoms with van der Waals surface area (Å²) in [5, 5.41) is 3.51. The van der Waals surface area contributed by atoms with Gasteiger partial charge >= 0.3 is 6.09 Å². The Morgan fingerprint density at radius 1 is 1.09 bits per heavy atom. The van der Waals surface area contributed by atoms with Crippen LogP contribution < -0.4 is 10.2 Å². The average Bonchev–Trinajstić information content (AvgIpc) is 3.48. The molecule has 1 saturated heterocycles. The first kappa shape index (κ1) is 22.4. The molecule has 11 heteroatoms. The molecule has 182 valence electrons. The monoisotopic (exact) mass is 512 g/mol. The van der Waals surface area contributed by atoms with E-state index in [9.17, 15) is 18.0 Å². The Morgan fingerprint density at radius 3 is 2.66 bits per heavy atom. The van der Waals surface area contributed by atoms with Crippen LogP contribution in [0.4, 0.5) is 15.6 Å². The van der Waals surface area contributed by atoms with Crippen LogP contribution in [-0.2, 0) is 25.8 Å². The molecule has 9 nitrogen and oxygen atoms in total. The summed E-state index contributed by atoms with van der Waals surface area (Å²) in [6.07, 6.45) is 4.17. The number of nitrogens with zero attached hydrogens (tertiary/aromatic N) is 3. The Kier molecular flexibility index (Phi) is 5.48. The number of ether oxygens (including phenoxy) is 1. The molecule has 3 aromatic rings. The van der Waals surface area contributed by atoms with Gasteiger partial charge in [0, 0.05) is 30.6 Å². The predicted molar refractivity (Wildman–Crippen MR) is 133 cm³/mol. The molecule has 0 radical (unpaired) electrons. The quantitative estimate of drug-likeness (QED) is 0.565. The molecule has 35 heavy (non-hydrogen) atoms. The number of carbonyl (C=O) groups is 2. The van der Waals surface area contributed by atoms with Crippen LogP contribution in [0.2, 0.25) is 0 Å². The third kappa shape index (κ3) is 4.62. The van der Waals surface area contributed by atoms with Gasteiger partial charge in [0.25, 0.3) is 0 Å². The van der Waals surface area contributed by atoms with E-state index in [-0.39, 0.29) is 29.4 Å². The first-order valence-electron chi connectivity index (χ1n) is 11.7. The molecular weight excluding hydrogens is 488 g/mol. The van der Waals surface area contributed by atoms with Gasteiger partial charge in [0.15, 0.2) is 15.0 Å². The van der Waals surface area contributed by atoms with E-state index in [4.69, 9.17) is 4.74 Å². The Labute approximate surface area is 206 Å². The summed E-state index contributed by atoms with van der Waals surface area (Å²) >= 11 is 1.44. The molecular formula is C24H24N4O5S2. The number of thiazole rings is 1. The zero-order valence-corrected chi connectivity index (χ0v) is 20.5. The summed E-state index contributed by atoms with van der Waals surface area (Å²) in [6.45, 7) is 0.480. The lowest BCUT2D eigenvalue weighted by Crippen LogP contribution is -2.36. The van der Waals surface area contributed by atoms with E-state index in [1.165, 1.54) is 11.3 Å². The summed E-state index contributed by atoms with van der Waals surface area (Å²) in [4.78, 5) is 35.7. The van der Waals surface area contributed by atoms with Gasteiger partial charge in [-0.3, -0.25) is 14.7 Å². The smallest absolute Gasteiger partial charge is 0.414 e. The molecule has 2 aliphatic heterocycles. The van der Waals surface area contributed by atoms with Crippen LogP contribution in [0.5, 0.6) is 0 Å². The minimum Gasteiger partial charge on any atom is -0.446 e. The van der Waals surface area contributed by atoms with Crippen LogP contribution in [-0.4, -0.2) is 54.5 Å². The van der Waals surface area contributed by atoms with E-state index in [1.54, 1.807) is 11.1 Å². The number of carbonyl (C=O) groups excluding carboxylic acids is 2. The van der Waals surface area contributed by atoms with Gasteiger partial charge in [-0.2, -0.15) is 0 Å². The highest BCUT2D eigenvalue weighted by molar-refractivity contribution is 7.91. The summed E-state index contributed by atoms with van der Waals surface area (Å²) in [5.41, 5.74) is 4.18. The molecule has 0 atom stereocenters. The van der Waals surface area contributed by atoms with Crippen molar-refractivity contribution in [1.82, 2.24) is 9.97 Å². The second-order valence-electron chi connectivity index (χ2n) is 9.29. The van der Waals surface area contributed by atoms with Gasteiger partial charge in [-0.25, -0.2) is 18.2 Å². The van der Waals surface area contributed by atoms with Crippen molar-refractivity contribution >= 4 is 54.2 Å². The molecule has 0 spiro atoms. The van der Waals surface area contributed by atoms with Gasteiger partial charge in [0.1, 0.15) is 6.10 Å². The summed E-state index contributed by atoms with van der Waals surface area (Å²) in [5.74, 6) is 0.267. The van der Waals surface area contributed by atoms with Crippen molar-refractivity contribution in [2.24, 2.45) is 5.92 Å². The van der Waals surface area contributed by atoms with Crippen molar-refractivity contribution in [3.8, 4) is 11.1 Å². The van der Waals surface area contributed by atoms with Gasteiger partial charge in [-0.05, 0) is 49.4 Å². The number of anilines is 2. The number of benzene rings is 1. The maximum absolute atomic E-state index is 12.9. The summed E-state index contributed by atoms with van der Waals surface area (Å²) < 4.78 is 29.9. The number of amides is 2. The molecule has 2 fully saturated rings. The minimum atomic E-state index is -3.02. The average molecular weight is 513 g/mol. The SMILES string of the molecule is O=C(Nc1nc2ccc(-c3cnc4c(c3)N(C(=O)OC3CCS(=O)(=O)CC3)CC4)cc2s1)C1CC1. The Morgan fingerprint density at radius 2 is 1.89 bits per heavy atom. The number of sulfone groups is 1. The zero-order valence-electron chi connectivity index (χ0n) is 18.9. The van der Waals surface area contributed by atoms with Gasteiger partial charge in [-0.15, -0.1) is 0 Å². The summed E-state index contributed by atoms with van der Waals surface area (Å²) in [7, 11) is -3.02. The third-order valence-electron chi connectivity index (χ3n) is 6.70. The number of fused-ring (bicyclic) bond motifs is 2.